The van der Waals surface area contributed by atoms with Crippen LogP contribution in [0.5, 0.6) is 11.5 Å². The summed E-state index contributed by atoms with van der Waals surface area (Å²) in [5, 5.41) is 0. The Hall–Kier alpha value is -0.160. The van der Waals surface area contributed by atoms with Crippen molar-refractivity contribution in [1.82, 2.24) is 0 Å². The minimum atomic E-state index is 0.427. The zero-order chi connectivity index (χ0) is 9.84. The summed E-state index contributed by atoms with van der Waals surface area (Å²) < 4.78 is 11.4. The summed E-state index contributed by atoms with van der Waals surface area (Å²) in [6.45, 7) is 0. The van der Waals surface area contributed by atoms with Crippen LogP contribution in [-0.4, -0.2) is 14.2 Å². The summed E-state index contributed by atoms with van der Waals surface area (Å²) >= 11 is 7.95. The molecule has 4 heteroatoms. The quantitative estimate of drug-likeness (QED) is 0.631. The van der Waals surface area contributed by atoms with E-state index in [-0.39, 0.29) is 0 Å². The molecule has 0 aliphatic rings. The molecule has 0 bridgehead atoms. The van der Waals surface area contributed by atoms with E-state index in [1.807, 2.05) is 12.1 Å². The van der Waals surface area contributed by atoms with Crippen molar-refractivity contribution in [1.29, 1.82) is 0 Å². The van der Waals surface area contributed by atoms with Crippen LogP contribution in [0.15, 0.2) is 12.1 Å². The lowest BCUT2D eigenvalue weighted by atomic mass is 10.2. The minimum Gasteiger partial charge on any atom is -0.496 e. The molecule has 1 aromatic carbocycles. The average molecular weight is 313 g/mol. The lowest BCUT2D eigenvalue weighted by Crippen LogP contribution is -1.94. The second-order valence-electron chi connectivity index (χ2n) is 2.43. The Balaban J connectivity index is 3.18. The Labute approximate surface area is 96.3 Å². The topological polar surface area (TPSA) is 18.5 Å². The van der Waals surface area contributed by atoms with Crippen LogP contribution in [0, 0.1) is 3.57 Å². The molecule has 72 valence electrons. The second kappa shape index (κ2) is 4.91. The zero-order valence-electron chi connectivity index (χ0n) is 7.43. The van der Waals surface area contributed by atoms with Gasteiger partial charge in [0, 0.05) is 5.56 Å². The predicted molar refractivity (Wildman–Crippen MR) is 61.8 cm³/mol. The Bertz CT molecular complexity index is 302. The summed E-state index contributed by atoms with van der Waals surface area (Å²) in [6.07, 6.45) is 0. The molecule has 1 rings (SSSR count). The van der Waals surface area contributed by atoms with Gasteiger partial charge < -0.3 is 9.47 Å². The van der Waals surface area contributed by atoms with E-state index in [1.165, 1.54) is 0 Å². The first kappa shape index (κ1) is 10.9. The van der Waals surface area contributed by atoms with Crippen LogP contribution >= 0.6 is 34.2 Å². The van der Waals surface area contributed by atoms with Crippen LogP contribution < -0.4 is 9.47 Å². The lowest BCUT2D eigenvalue weighted by Gasteiger charge is -2.09. The maximum Gasteiger partial charge on any atom is 0.132 e. The second-order valence-corrected chi connectivity index (χ2v) is 3.86. The Morgan fingerprint density at radius 2 is 1.85 bits per heavy atom. The highest BCUT2D eigenvalue weighted by Crippen LogP contribution is 2.30. The number of halogens is 2. The fraction of sp³-hybridized carbons (Fsp3) is 0.333. The van der Waals surface area contributed by atoms with E-state index < -0.39 is 0 Å². The number of alkyl halides is 1. The van der Waals surface area contributed by atoms with E-state index in [0.29, 0.717) is 5.88 Å². The number of benzene rings is 1. The van der Waals surface area contributed by atoms with E-state index in [4.69, 9.17) is 21.1 Å². The third-order valence-electron chi connectivity index (χ3n) is 1.70. The number of methoxy groups -OCH3 is 2. The van der Waals surface area contributed by atoms with Gasteiger partial charge in [0.25, 0.3) is 0 Å². The van der Waals surface area contributed by atoms with E-state index in [0.717, 1.165) is 20.6 Å². The molecule has 0 N–H and O–H groups in total. The van der Waals surface area contributed by atoms with Gasteiger partial charge in [-0.25, -0.2) is 0 Å². The fourth-order valence-electron chi connectivity index (χ4n) is 1.03. The van der Waals surface area contributed by atoms with Crippen molar-refractivity contribution in [2.24, 2.45) is 0 Å². The summed E-state index contributed by atoms with van der Waals surface area (Å²) in [6, 6.07) is 3.81. The first-order valence-corrected chi connectivity index (χ1v) is 5.30. The monoisotopic (exact) mass is 312 g/mol. The molecule has 1 aromatic rings. The lowest BCUT2D eigenvalue weighted by molar-refractivity contribution is 0.397. The Morgan fingerprint density at radius 1 is 1.23 bits per heavy atom. The van der Waals surface area contributed by atoms with Crippen LogP contribution in [0.1, 0.15) is 5.56 Å². The molecule has 0 atom stereocenters. The summed E-state index contributed by atoms with van der Waals surface area (Å²) in [7, 11) is 3.27. The van der Waals surface area contributed by atoms with Crippen molar-refractivity contribution in [3.05, 3.63) is 21.3 Å². The first-order chi connectivity index (χ1) is 6.22. The van der Waals surface area contributed by atoms with E-state index in [1.54, 1.807) is 14.2 Å². The van der Waals surface area contributed by atoms with Gasteiger partial charge in [0.15, 0.2) is 0 Å². The summed E-state index contributed by atoms with van der Waals surface area (Å²) in [5.41, 5.74) is 0.946. The van der Waals surface area contributed by atoms with Crippen LogP contribution in [-0.2, 0) is 5.88 Å². The van der Waals surface area contributed by atoms with Gasteiger partial charge in [-0.05, 0) is 34.7 Å². The third-order valence-corrected chi connectivity index (χ3v) is 2.83. The number of hydrogen-bond acceptors (Lipinski definition) is 2. The van der Waals surface area contributed by atoms with Gasteiger partial charge in [0.2, 0.25) is 0 Å². The molecule has 0 unspecified atom stereocenters. The standard InChI is InChI=1S/C9H10ClIO2/c1-12-8-4-7(11)9(13-2)3-6(8)5-10/h3-4H,5H2,1-2H3. The number of rotatable bonds is 3. The van der Waals surface area contributed by atoms with Gasteiger partial charge in [-0.2, -0.15) is 0 Å². The highest BCUT2D eigenvalue weighted by atomic mass is 127. The number of ether oxygens (including phenoxy) is 2. The molecule has 2 nitrogen and oxygen atoms in total. The molecule has 0 aromatic heterocycles. The Kier molecular flexibility index (Phi) is 4.12. The molecule has 13 heavy (non-hydrogen) atoms. The SMILES string of the molecule is COc1cc(CCl)c(OC)cc1I. The van der Waals surface area contributed by atoms with Crippen molar-refractivity contribution in [3.63, 3.8) is 0 Å². The molecule has 0 aliphatic heterocycles. The molecule has 0 saturated heterocycles. The van der Waals surface area contributed by atoms with Crippen molar-refractivity contribution >= 4 is 34.2 Å². The van der Waals surface area contributed by atoms with Crippen LogP contribution in [0.3, 0.4) is 0 Å². The van der Waals surface area contributed by atoms with Gasteiger partial charge in [0.1, 0.15) is 11.5 Å². The van der Waals surface area contributed by atoms with Crippen LogP contribution in [0.25, 0.3) is 0 Å². The molecular formula is C9H10ClIO2. The first-order valence-electron chi connectivity index (χ1n) is 3.69. The molecule has 0 aliphatic carbocycles. The minimum absolute atomic E-state index is 0.427. The fourth-order valence-corrected chi connectivity index (χ4v) is 1.90. The van der Waals surface area contributed by atoms with Gasteiger partial charge in [-0.15, -0.1) is 11.6 Å². The molecule has 0 spiro atoms. The van der Waals surface area contributed by atoms with Crippen molar-refractivity contribution in [2.45, 2.75) is 5.88 Å². The largest absolute Gasteiger partial charge is 0.496 e. The van der Waals surface area contributed by atoms with Crippen molar-refractivity contribution in [2.75, 3.05) is 14.2 Å². The summed E-state index contributed by atoms with van der Waals surface area (Å²) in [4.78, 5) is 0. The van der Waals surface area contributed by atoms with Crippen molar-refractivity contribution in [3.8, 4) is 11.5 Å². The third kappa shape index (κ3) is 2.40. The number of hydrogen-bond donors (Lipinski definition) is 0. The predicted octanol–water partition coefficient (Wildman–Crippen LogP) is 3.05. The van der Waals surface area contributed by atoms with Crippen LogP contribution in [0.4, 0.5) is 0 Å². The maximum atomic E-state index is 5.75. The summed E-state index contributed by atoms with van der Waals surface area (Å²) in [5.74, 6) is 2.06. The van der Waals surface area contributed by atoms with Gasteiger partial charge in [-0.3, -0.25) is 0 Å². The molecule has 0 fully saturated rings. The molecule has 0 radical (unpaired) electrons. The zero-order valence-corrected chi connectivity index (χ0v) is 10.3. The van der Waals surface area contributed by atoms with E-state index in [9.17, 15) is 0 Å². The van der Waals surface area contributed by atoms with Gasteiger partial charge in [-0.1, -0.05) is 0 Å². The Morgan fingerprint density at radius 3 is 2.31 bits per heavy atom. The molecule has 0 heterocycles. The smallest absolute Gasteiger partial charge is 0.132 e. The molecule has 0 amide bonds. The van der Waals surface area contributed by atoms with Crippen LogP contribution in [0.2, 0.25) is 0 Å². The van der Waals surface area contributed by atoms with E-state index >= 15 is 0 Å². The van der Waals surface area contributed by atoms with Gasteiger partial charge in [0.05, 0.1) is 23.7 Å². The molecule has 0 saturated carbocycles. The normalized spacial score (nSPS) is 9.85. The van der Waals surface area contributed by atoms with Crippen molar-refractivity contribution < 1.29 is 9.47 Å². The molecular weight excluding hydrogens is 302 g/mol. The average Bonchev–Trinajstić information content (AvgIpc) is 2.17. The highest BCUT2D eigenvalue weighted by molar-refractivity contribution is 14.1. The highest BCUT2D eigenvalue weighted by Gasteiger charge is 2.07. The maximum absolute atomic E-state index is 5.75. The van der Waals surface area contributed by atoms with Gasteiger partial charge >= 0.3 is 0 Å². The van der Waals surface area contributed by atoms with E-state index in [2.05, 4.69) is 22.6 Å².